The minimum Gasteiger partial charge on any atom is -0.488 e. The Hall–Kier alpha value is -2.62. The molecule has 0 atom stereocenters. The Balaban J connectivity index is 0.000000236. The van der Waals surface area contributed by atoms with Crippen LogP contribution in [0.5, 0.6) is 5.75 Å². The van der Waals surface area contributed by atoms with Gasteiger partial charge in [0.15, 0.2) is 5.78 Å². The second-order valence-electron chi connectivity index (χ2n) is 5.76. The fraction of sp³-hybridized carbons (Fsp3) is 0.263. The number of ether oxygens (including phenoxy) is 1. The summed E-state index contributed by atoms with van der Waals surface area (Å²) in [6.07, 6.45) is 0.278. The third-order valence-corrected chi connectivity index (χ3v) is 3.36. The van der Waals surface area contributed by atoms with E-state index in [2.05, 4.69) is 0 Å². The molecule has 1 N–H and O–H groups in total. The Kier molecular flexibility index (Phi) is 5.52. The highest BCUT2D eigenvalue weighted by Gasteiger charge is 2.20. The van der Waals surface area contributed by atoms with Gasteiger partial charge in [-0.25, -0.2) is 0 Å². The Morgan fingerprint density at radius 3 is 2.30 bits per heavy atom. The van der Waals surface area contributed by atoms with Crippen molar-refractivity contribution in [2.75, 3.05) is 0 Å². The number of rotatable bonds is 2. The van der Waals surface area contributed by atoms with Crippen molar-refractivity contribution >= 4 is 11.8 Å². The number of carboxylic acids is 1. The molecule has 0 unspecified atom stereocenters. The molecule has 1 heterocycles. The van der Waals surface area contributed by atoms with Crippen LogP contribution in [0.15, 0.2) is 48.5 Å². The van der Waals surface area contributed by atoms with Gasteiger partial charge < -0.3 is 9.84 Å². The van der Waals surface area contributed by atoms with E-state index in [0.29, 0.717) is 17.9 Å². The van der Waals surface area contributed by atoms with Gasteiger partial charge in [0, 0.05) is 17.5 Å². The highest BCUT2D eigenvalue weighted by Crippen LogP contribution is 2.27. The molecule has 0 fully saturated rings. The molecule has 0 radical (unpaired) electrons. The second-order valence-corrected chi connectivity index (χ2v) is 5.76. The Bertz CT molecular complexity index is 655. The number of ketones is 1. The van der Waals surface area contributed by atoms with E-state index in [-0.39, 0.29) is 18.1 Å². The first-order chi connectivity index (χ1) is 11.0. The molecule has 0 amide bonds. The molecule has 0 aromatic heterocycles. The van der Waals surface area contributed by atoms with E-state index in [9.17, 15) is 9.59 Å². The molecule has 2 aromatic carbocycles. The zero-order valence-electron chi connectivity index (χ0n) is 13.3. The average molecular weight is 312 g/mol. The van der Waals surface area contributed by atoms with Crippen molar-refractivity contribution in [2.45, 2.75) is 26.9 Å². The van der Waals surface area contributed by atoms with Gasteiger partial charge in [0.2, 0.25) is 0 Å². The molecule has 120 valence electrons. The van der Waals surface area contributed by atoms with Crippen LogP contribution in [0.1, 0.15) is 41.8 Å². The minimum atomic E-state index is -0.713. The maximum atomic E-state index is 12.2. The summed E-state index contributed by atoms with van der Waals surface area (Å²) in [4.78, 5) is 22.1. The lowest BCUT2D eigenvalue weighted by Gasteiger charge is -2.04. The third kappa shape index (κ3) is 4.42. The SMILES string of the molecule is CC(C)CC(=O)O.O=C1c2ccccc2COc2ccccc21. The lowest BCUT2D eigenvalue weighted by molar-refractivity contribution is -0.137. The van der Waals surface area contributed by atoms with Crippen LogP contribution in [-0.4, -0.2) is 16.9 Å². The lowest BCUT2D eigenvalue weighted by atomic mass is 9.99. The van der Waals surface area contributed by atoms with Gasteiger partial charge in [0.1, 0.15) is 12.4 Å². The molecular formula is C19H20O4. The maximum Gasteiger partial charge on any atom is 0.303 e. The molecule has 0 aliphatic carbocycles. The van der Waals surface area contributed by atoms with E-state index in [4.69, 9.17) is 9.84 Å². The largest absolute Gasteiger partial charge is 0.488 e. The molecular weight excluding hydrogens is 292 g/mol. The summed E-state index contributed by atoms with van der Waals surface area (Å²) < 4.78 is 5.62. The van der Waals surface area contributed by atoms with Gasteiger partial charge in [-0.3, -0.25) is 9.59 Å². The number of fused-ring (bicyclic) bond motifs is 2. The fourth-order valence-electron chi connectivity index (χ4n) is 2.30. The van der Waals surface area contributed by atoms with Gasteiger partial charge in [0.25, 0.3) is 0 Å². The molecule has 2 aromatic rings. The van der Waals surface area contributed by atoms with Crippen LogP contribution in [0.25, 0.3) is 0 Å². The number of para-hydroxylation sites is 1. The smallest absolute Gasteiger partial charge is 0.303 e. The van der Waals surface area contributed by atoms with Crippen LogP contribution in [0, 0.1) is 5.92 Å². The number of carboxylic acid groups (broad SMARTS) is 1. The lowest BCUT2D eigenvalue weighted by Crippen LogP contribution is -2.01. The van der Waals surface area contributed by atoms with Crippen LogP contribution >= 0.6 is 0 Å². The monoisotopic (exact) mass is 312 g/mol. The van der Waals surface area contributed by atoms with Gasteiger partial charge >= 0.3 is 5.97 Å². The third-order valence-electron chi connectivity index (χ3n) is 3.36. The summed E-state index contributed by atoms with van der Waals surface area (Å²) in [5.74, 6) is 0.278. The number of hydrogen-bond donors (Lipinski definition) is 1. The number of aliphatic carboxylic acids is 1. The number of carbonyl (C=O) groups is 2. The molecule has 4 heteroatoms. The van der Waals surface area contributed by atoms with Gasteiger partial charge in [-0.2, -0.15) is 0 Å². The quantitative estimate of drug-likeness (QED) is 0.912. The van der Waals surface area contributed by atoms with E-state index in [1.54, 1.807) is 6.07 Å². The summed E-state index contributed by atoms with van der Waals surface area (Å²) in [5, 5.41) is 8.08. The van der Waals surface area contributed by atoms with Gasteiger partial charge in [-0.05, 0) is 18.1 Å². The van der Waals surface area contributed by atoms with Crippen LogP contribution in [0.2, 0.25) is 0 Å². The standard InChI is InChI=1S/C14H10O2.C5H10O2/c15-14-11-6-2-1-5-10(11)9-16-13-8-4-3-7-12(13)14;1-4(2)3-5(6)7/h1-8H,9H2;4H,3H2,1-2H3,(H,6,7). The van der Waals surface area contributed by atoms with Crippen molar-refractivity contribution in [1.29, 1.82) is 0 Å². The maximum absolute atomic E-state index is 12.2. The number of hydrogen-bond acceptors (Lipinski definition) is 3. The Morgan fingerprint density at radius 1 is 1.09 bits per heavy atom. The highest BCUT2D eigenvalue weighted by molar-refractivity contribution is 6.11. The number of benzene rings is 2. The summed E-state index contributed by atoms with van der Waals surface area (Å²) >= 11 is 0. The van der Waals surface area contributed by atoms with Gasteiger partial charge in [0.05, 0.1) is 5.56 Å². The molecule has 3 rings (SSSR count). The highest BCUT2D eigenvalue weighted by atomic mass is 16.5. The molecule has 23 heavy (non-hydrogen) atoms. The van der Waals surface area contributed by atoms with Crippen LogP contribution in [0.3, 0.4) is 0 Å². The Labute approximate surface area is 135 Å². The molecule has 0 spiro atoms. The summed E-state index contributed by atoms with van der Waals surface area (Å²) in [7, 11) is 0. The Morgan fingerprint density at radius 2 is 1.70 bits per heavy atom. The minimum absolute atomic E-state index is 0.0451. The van der Waals surface area contributed by atoms with E-state index in [1.165, 1.54) is 0 Å². The van der Waals surface area contributed by atoms with Crippen molar-refractivity contribution in [3.05, 3.63) is 65.2 Å². The molecule has 0 bridgehead atoms. The molecule has 1 aliphatic heterocycles. The molecule has 4 nitrogen and oxygen atoms in total. The first kappa shape index (κ1) is 16.7. The average Bonchev–Trinajstić information content (AvgIpc) is 2.65. The van der Waals surface area contributed by atoms with Crippen molar-refractivity contribution in [3.8, 4) is 5.75 Å². The summed E-state index contributed by atoms with van der Waals surface area (Å²) in [5.41, 5.74) is 2.34. The predicted octanol–water partition coefficient (Wildman–Crippen LogP) is 3.93. The van der Waals surface area contributed by atoms with E-state index >= 15 is 0 Å². The number of carbonyl (C=O) groups excluding carboxylic acids is 1. The summed E-state index contributed by atoms with van der Waals surface area (Å²) in [6, 6.07) is 15.0. The van der Waals surface area contributed by atoms with Crippen molar-refractivity contribution in [3.63, 3.8) is 0 Å². The predicted molar refractivity (Wildman–Crippen MR) is 87.7 cm³/mol. The molecule has 0 saturated heterocycles. The zero-order valence-corrected chi connectivity index (χ0v) is 13.3. The first-order valence-electron chi connectivity index (χ1n) is 7.55. The first-order valence-corrected chi connectivity index (χ1v) is 7.55. The zero-order chi connectivity index (χ0) is 16.8. The van der Waals surface area contributed by atoms with Crippen molar-refractivity contribution < 1.29 is 19.4 Å². The normalized spacial score (nSPS) is 12.2. The van der Waals surface area contributed by atoms with E-state index in [1.807, 2.05) is 56.3 Å². The van der Waals surface area contributed by atoms with Gasteiger partial charge in [-0.15, -0.1) is 0 Å². The molecule has 1 aliphatic rings. The van der Waals surface area contributed by atoms with Gasteiger partial charge in [-0.1, -0.05) is 50.2 Å². The van der Waals surface area contributed by atoms with Crippen LogP contribution in [0.4, 0.5) is 0 Å². The molecule has 0 saturated carbocycles. The second kappa shape index (κ2) is 7.58. The van der Waals surface area contributed by atoms with Crippen LogP contribution in [-0.2, 0) is 11.4 Å². The topological polar surface area (TPSA) is 63.6 Å². The van der Waals surface area contributed by atoms with E-state index in [0.717, 1.165) is 11.1 Å². The summed E-state index contributed by atoms with van der Waals surface area (Å²) in [6.45, 7) is 4.22. The van der Waals surface area contributed by atoms with Crippen molar-refractivity contribution in [1.82, 2.24) is 0 Å². The van der Waals surface area contributed by atoms with Crippen molar-refractivity contribution in [2.24, 2.45) is 5.92 Å². The fourth-order valence-corrected chi connectivity index (χ4v) is 2.30. The van der Waals surface area contributed by atoms with Crippen LogP contribution < -0.4 is 4.74 Å². The van der Waals surface area contributed by atoms with E-state index < -0.39 is 5.97 Å².